The van der Waals surface area contributed by atoms with E-state index in [9.17, 15) is 23.3 Å². The van der Waals surface area contributed by atoms with Gasteiger partial charge >= 0.3 is 0 Å². The fourth-order valence-electron chi connectivity index (χ4n) is 2.45. The number of amides is 1. The summed E-state index contributed by atoms with van der Waals surface area (Å²) >= 11 is 2.41. The minimum Gasteiger partial charge on any atom is -0.350 e. The van der Waals surface area contributed by atoms with Crippen LogP contribution in [-0.2, 0) is 9.84 Å². The van der Waals surface area contributed by atoms with Crippen LogP contribution in [0, 0.1) is 10.1 Å². The van der Waals surface area contributed by atoms with Gasteiger partial charge in [0.05, 0.1) is 4.92 Å². The highest BCUT2D eigenvalue weighted by Crippen LogP contribution is 2.33. The zero-order valence-electron chi connectivity index (χ0n) is 13.8. The van der Waals surface area contributed by atoms with Crippen LogP contribution < -0.4 is 5.32 Å². The molecule has 0 aliphatic carbocycles. The lowest BCUT2D eigenvalue weighted by Gasteiger charge is -2.16. The molecule has 0 aliphatic heterocycles. The van der Waals surface area contributed by atoms with Gasteiger partial charge in [0.2, 0.25) is 0 Å². The summed E-state index contributed by atoms with van der Waals surface area (Å²) in [7, 11) is -3.67. The van der Waals surface area contributed by atoms with Crippen LogP contribution in [0.2, 0.25) is 0 Å². The fraction of sp³-hybridized carbons (Fsp3) is 0.118. The van der Waals surface area contributed by atoms with Crippen LogP contribution in [0.5, 0.6) is 0 Å². The lowest BCUT2D eigenvalue weighted by Crippen LogP contribution is -2.31. The summed E-state index contributed by atoms with van der Waals surface area (Å²) < 4.78 is 26.1. The van der Waals surface area contributed by atoms with Crippen molar-refractivity contribution >= 4 is 44.1 Å². The highest BCUT2D eigenvalue weighted by Gasteiger charge is 2.31. The van der Waals surface area contributed by atoms with E-state index in [0.29, 0.717) is 4.88 Å². The predicted molar refractivity (Wildman–Crippen MR) is 104 cm³/mol. The van der Waals surface area contributed by atoms with Crippen molar-refractivity contribution in [3.05, 3.63) is 79.8 Å². The topological polar surface area (TPSA) is 106 Å². The first-order chi connectivity index (χ1) is 12.9. The first kappa shape index (κ1) is 19.2. The molecule has 0 aliphatic rings. The zero-order valence-corrected chi connectivity index (χ0v) is 16.2. The Morgan fingerprint density at radius 3 is 2.48 bits per heavy atom. The molecule has 0 saturated carbocycles. The first-order valence-electron chi connectivity index (χ1n) is 7.73. The number of nitrogens with zero attached hydrogens (tertiary/aromatic N) is 1. The molecule has 0 saturated heterocycles. The molecule has 0 unspecified atom stereocenters. The molecule has 2 aromatic heterocycles. The van der Waals surface area contributed by atoms with Crippen molar-refractivity contribution in [3.8, 4) is 0 Å². The van der Waals surface area contributed by atoms with Gasteiger partial charge in [-0.3, -0.25) is 14.9 Å². The number of nitrogens with one attached hydrogen (secondary N) is 1. The number of hydrogen-bond donors (Lipinski definition) is 1. The van der Waals surface area contributed by atoms with Crippen molar-refractivity contribution in [3.63, 3.8) is 0 Å². The lowest BCUT2D eigenvalue weighted by atomic mass is 10.2. The monoisotopic (exact) mass is 422 g/mol. The van der Waals surface area contributed by atoms with E-state index in [0.717, 1.165) is 17.4 Å². The molecule has 1 atom stereocenters. The van der Waals surface area contributed by atoms with Gasteiger partial charge in [0.15, 0.2) is 9.84 Å². The number of hydrogen-bond acceptors (Lipinski definition) is 7. The Morgan fingerprint density at radius 2 is 1.85 bits per heavy atom. The van der Waals surface area contributed by atoms with Gasteiger partial charge in [-0.15, -0.1) is 22.7 Å². The van der Waals surface area contributed by atoms with Crippen molar-refractivity contribution in [1.82, 2.24) is 5.32 Å². The summed E-state index contributed by atoms with van der Waals surface area (Å²) in [6.07, 6.45) is 0. The third kappa shape index (κ3) is 4.24. The fourth-order valence-corrected chi connectivity index (χ4v) is 6.44. The second-order valence-electron chi connectivity index (χ2n) is 5.50. The Balaban J connectivity index is 1.83. The number of thiophene rings is 2. The number of sulfone groups is 1. The number of carbonyl (C=O) groups excluding carboxylic acids is 1. The van der Waals surface area contributed by atoms with Gasteiger partial charge in [-0.25, -0.2) is 8.42 Å². The Kier molecular flexibility index (Phi) is 5.68. The van der Waals surface area contributed by atoms with E-state index in [1.165, 1.54) is 35.6 Å². The van der Waals surface area contributed by atoms with Crippen LogP contribution in [-0.4, -0.2) is 25.8 Å². The molecule has 0 bridgehead atoms. The predicted octanol–water partition coefficient (Wildman–Crippen LogP) is 3.66. The van der Waals surface area contributed by atoms with Crippen molar-refractivity contribution < 1.29 is 18.1 Å². The molecule has 1 N–H and O–H groups in total. The molecule has 3 aromatic rings. The van der Waals surface area contributed by atoms with Crippen LogP contribution in [0.1, 0.15) is 20.5 Å². The number of nitro groups is 1. The molecule has 10 heteroatoms. The standard InChI is InChI=1S/C17H14N2O5S3/c20-17(12-4-1-5-13(10-12)19(21)22)18-11-15(14-6-2-8-25-14)27(23,24)16-7-3-9-26-16/h1-10,15H,11H2,(H,18,20)/t15-/m0/s1. The minimum absolute atomic E-state index is 0.0997. The second-order valence-corrected chi connectivity index (χ2v) is 9.78. The molecule has 140 valence electrons. The maximum atomic E-state index is 13.0. The van der Waals surface area contributed by atoms with E-state index >= 15 is 0 Å². The molecule has 0 radical (unpaired) electrons. The Morgan fingerprint density at radius 1 is 1.11 bits per heavy atom. The Hall–Kier alpha value is -2.56. The Bertz CT molecular complexity index is 1040. The molecule has 27 heavy (non-hydrogen) atoms. The van der Waals surface area contributed by atoms with Gasteiger partial charge < -0.3 is 5.32 Å². The van der Waals surface area contributed by atoms with Crippen molar-refractivity contribution in [1.29, 1.82) is 0 Å². The summed E-state index contributed by atoms with van der Waals surface area (Å²) in [5.74, 6) is -0.568. The first-order valence-corrected chi connectivity index (χ1v) is 11.0. The normalized spacial score (nSPS) is 12.4. The molecule has 3 rings (SSSR count). The molecular weight excluding hydrogens is 408 g/mol. The third-order valence-electron chi connectivity index (χ3n) is 3.78. The van der Waals surface area contributed by atoms with Gasteiger partial charge in [-0.05, 0) is 29.0 Å². The van der Waals surface area contributed by atoms with Crippen LogP contribution in [0.4, 0.5) is 5.69 Å². The van der Waals surface area contributed by atoms with E-state index < -0.39 is 25.9 Å². The molecule has 1 aromatic carbocycles. The summed E-state index contributed by atoms with van der Waals surface area (Å²) in [6.45, 7) is -0.137. The number of rotatable bonds is 7. The van der Waals surface area contributed by atoms with Gasteiger partial charge in [-0.2, -0.15) is 0 Å². The smallest absolute Gasteiger partial charge is 0.270 e. The summed E-state index contributed by atoms with van der Waals surface area (Å²) in [5, 5.41) is 16.0. The van der Waals surface area contributed by atoms with Crippen LogP contribution in [0.15, 0.2) is 63.5 Å². The number of carbonyl (C=O) groups is 1. The molecule has 0 fully saturated rings. The van der Waals surface area contributed by atoms with E-state index in [-0.39, 0.29) is 22.0 Å². The highest BCUT2D eigenvalue weighted by molar-refractivity contribution is 7.93. The summed E-state index contributed by atoms with van der Waals surface area (Å²) in [4.78, 5) is 23.3. The maximum Gasteiger partial charge on any atom is 0.270 e. The lowest BCUT2D eigenvalue weighted by molar-refractivity contribution is -0.384. The number of benzene rings is 1. The maximum absolute atomic E-state index is 13.0. The van der Waals surface area contributed by atoms with E-state index in [1.807, 2.05) is 0 Å². The van der Waals surface area contributed by atoms with Gasteiger partial charge in [0.25, 0.3) is 11.6 Å². The summed E-state index contributed by atoms with van der Waals surface area (Å²) in [5.41, 5.74) is -0.105. The SMILES string of the molecule is O=C(NC[C@@H](c1cccs1)S(=O)(=O)c1cccs1)c1cccc([N+](=O)[O-])c1. The zero-order chi connectivity index (χ0) is 19.4. The average Bonchev–Trinajstić information content (AvgIpc) is 3.36. The molecule has 0 spiro atoms. The molecular formula is C17H14N2O5S3. The van der Waals surface area contributed by atoms with Crippen molar-refractivity contribution in [2.45, 2.75) is 9.46 Å². The third-order valence-corrected chi connectivity index (χ3v) is 8.43. The Labute approximate surface area is 163 Å². The van der Waals surface area contributed by atoms with Gasteiger partial charge in [0.1, 0.15) is 9.46 Å². The van der Waals surface area contributed by atoms with Crippen molar-refractivity contribution in [2.24, 2.45) is 0 Å². The van der Waals surface area contributed by atoms with Gasteiger partial charge in [0, 0.05) is 29.1 Å². The van der Waals surface area contributed by atoms with Crippen LogP contribution >= 0.6 is 22.7 Å². The number of nitro benzene ring substituents is 1. The quantitative estimate of drug-likeness (QED) is 0.462. The van der Waals surface area contributed by atoms with E-state index in [4.69, 9.17) is 0 Å². The largest absolute Gasteiger partial charge is 0.350 e. The minimum atomic E-state index is -3.67. The summed E-state index contributed by atoms with van der Waals surface area (Å²) in [6, 6.07) is 11.9. The highest BCUT2D eigenvalue weighted by atomic mass is 32.2. The van der Waals surface area contributed by atoms with Gasteiger partial charge in [-0.1, -0.05) is 18.2 Å². The average molecular weight is 423 g/mol. The molecule has 2 heterocycles. The van der Waals surface area contributed by atoms with Crippen LogP contribution in [0.25, 0.3) is 0 Å². The number of non-ortho nitro benzene ring substituents is 1. The van der Waals surface area contributed by atoms with E-state index in [1.54, 1.807) is 29.0 Å². The van der Waals surface area contributed by atoms with Crippen LogP contribution in [0.3, 0.4) is 0 Å². The molecule has 1 amide bonds. The second kappa shape index (κ2) is 7.99. The van der Waals surface area contributed by atoms with E-state index in [2.05, 4.69) is 5.32 Å². The molecule has 7 nitrogen and oxygen atoms in total. The van der Waals surface area contributed by atoms with Crippen molar-refractivity contribution in [2.75, 3.05) is 6.54 Å².